The van der Waals surface area contributed by atoms with Crippen LogP contribution < -0.4 is 0 Å². The van der Waals surface area contributed by atoms with Crippen molar-refractivity contribution in [2.75, 3.05) is 0 Å². The molecule has 1 aromatic carbocycles. The van der Waals surface area contributed by atoms with E-state index in [1.165, 1.54) is 18.2 Å². The lowest BCUT2D eigenvalue weighted by Crippen LogP contribution is -1.71. The molecule has 62 valence electrons. The van der Waals surface area contributed by atoms with E-state index < -0.39 is 0 Å². The smallest absolute Gasteiger partial charge is 0.211 e. The zero-order chi connectivity index (χ0) is 9.14. The van der Waals surface area contributed by atoms with E-state index in [1.807, 2.05) is 0 Å². The minimum absolute atomic E-state index is 0.253. The van der Waals surface area contributed by atoms with Crippen LogP contribution >= 0.6 is 34.8 Å². The van der Waals surface area contributed by atoms with Gasteiger partial charge in [-0.3, -0.25) is 0 Å². The van der Waals surface area contributed by atoms with Gasteiger partial charge >= 0.3 is 0 Å². The number of benzene rings is 1. The van der Waals surface area contributed by atoms with Gasteiger partial charge in [0.25, 0.3) is 0 Å². The highest BCUT2D eigenvalue weighted by molar-refractivity contribution is 6.48. The van der Waals surface area contributed by atoms with Crippen molar-refractivity contribution >= 4 is 46.6 Å². The molecule has 0 fully saturated rings. The third kappa shape index (κ3) is 1.99. The van der Waals surface area contributed by atoms with Gasteiger partial charge in [0, 0.05) is 0 Å². The van der Waals surface area contributed by atoms with Crippen LogP contribution in [0.4, 0.5) is 5.69 Å². The average molecular weight is 222 g/mol. The van der Waals surface area contributed by atoms with Crippen molar-refractivity contribution in [1.29, 1.82) is 0 Å². The van der Waals surface area contributed by atoms with Gasteiger partial charge in [-0.15, -0.1) is 0 Å². The minimum Gasteiger partial charge on any atom is -0.211 e. The van der Waals surface area contributed by atoms with Crippen molar-refractivity contribution in [2.24, 2.45) is 4.99 Å². The summed E-state index contributed by atoms with van der Waals surface area (Å²) in [6.07, 6.45) is 1.37. The Morgan fingerprint density at radius 3 is 2.08 bits per heavy atom. The average Bonchev–Trinajstić information content (AvgIpc) is 2.01. The van der Waals surface area contributed by atoms with Gasteiger partial charge in [-0.1, -0.05) is 34.8 Å². The quantitative estimate of drug-likeness (QED) is 0.405. The highest BCUT2D eigenvalue weighted by Crippen LogP contribution is 2.33. The molecule has 0 aliphatic heterocycles. The molecule has 0 saturated heterocycles. The second kappa shape index (κ2) is 3.92. The zero-order valence-electron chi connectivity index (χ0n) is 5.64. The first-order chi connectivity index (χ1) is 5.65. The number of halogens is 3. The number of rotatable bonds is 1. The first kappa shape index (κ1) is 9.56. The van der Waals surface area contributed by atoms with Crippen molar-refractivity contribution in [3.8, 4) is 0 Å². The maximum absolute atomic E-state index is 9.87. The summed E-state index contributed by atoms with van der Waals surface area (Å²) in [4.78, 5) is 13.2. The summed E-state index contributed by atoms with van der Waals surface area (Å²) in [6.45, 7) is 0. The number of hydrogen-bond donors (Lipinski definition) is 0. The molecule has 0 saturated carbocycles. The fourth-order valence-electron chi connectivity index (χ4n) is 0.659. The topological polar surface area (TPSA) is 29.4 Å². The lowest BCUT2D eigenvalue weighted by molar-refractivity contribution is 0.565. The molecule has 1 aromatic rings. The molecular weight excluding hydrogens is 220 g/mol. The van der Waals surface area contributed by atoms with Crippen molar-refractivity contribution in [3.63, 3.8) is 0 Å². The summed E-state index contributed by atoms with van der Waals surface area (Å²) in [5.41, 5.74) is 0.337. The number of nitrogens with zero attached hydrogens (tertiary/aromatic N) is 1. The molecule has 0 heterocycles. The van der Waals surface area contributed by atoms with Gasteiger partial charge in [0.1, 0.15) is 0 Å². The monoisotopic (exact) mass is 221 g/mol. The van der Waals surface area contributed by atoms with Crippen molar-refractivity contribution in [3.05, 3.63) is 27.2 Å². The highest BCUT2D eigenvalue weighted by atomic mass is 35.5. The molecule has 0 spiro atoms. The maximum Gasteiger partial charge on any atom is 0.240 e. The summed E-state index contributed by atoms with van der Waals surface area (Å²) in [5.74, 6) is 0. The molecule has 12 heavy (non-hydrogen) atoms. The predicted molar refractivity (Wildman–Crippen MR) is 49.3 cm³/mol. The van der Waals surface area contributed by atoms with E-state index in [1.54, 1.807) is 0 Å². The molecule has 0 aromatic heterocycles. The third-order valence-electron chi connectivity index (χ3n) is 1.14. The van der Waals surface area contributed by atoms with E-state index in [0.29, 0.717) is 5.69 Å². The van der Waals surface area contributed by atoms with E-state index in [-0.39, 0.29) is 15.1 Å². The predicted octanol–water partition coefficient (Wildman–Crippen LogP) is 3.61. The summed E-state index contributed by atoms with van der Waals surface area (Å²) >= 11 is 16.9. The van der Waals surface area contributed by atoms with E-state index in [9.17, 15) is 4.79 Å². The van der Waals surface area contributed by atoms with Crippen LogP contribution in [0.1, 0.15) is 0 Å². The van der Waals surface area contributed by atoms with Crippen LogP contribution in [0.2, 0.25) is 15.1 Å². The lowest BCUT2D eigenvalue weighted by atomic mass is 10.3. The van der Waals surface area contributed by atoms with Gasteiger partial charge in [-0.25, -0.2) is 4.79 Å². The van der Waals surface area contributed by atoms with Gasteiger partial charge in [-0.05, 0) is 12.1 Å². The summed E-state index contributed by atoms with van der Waals surface area (Å²) in [6, 6.07) is 2.86. The van der Waals surface area contributed by atoms with Gasteiger partial charge in [0.15, 0.2) is 0 Å². The van der Waals surface area contributed by atoms with E-state index >= 15 is 0 Å². The van der Waals surface area contributed by atoms with Crippen LogP contribution in [-0.4, -0.2) is 6.08 Å². The van der Waals surface area contributed by atoms with Crippen LogP contribution in [0.25, 0.3) is 0 Å². The first-order valence-electron chi connectivity index (χ1n) is 2.87. The van der Waals surface area contributed by atoms with Crippen LogP contribution in [0.3, 0.4) is 0 Å². The summed E-state index contributed by atoms with van der Waals surface area (Å²) < 4.78 is 0. The molecule has 0 unspecified atom stereocenters. The zero-order valence-corrected chi connectivity index (χ0v) is 7.91. The molecular formula is C7H2Cl3NO. The molecule has 5 heteroatoms. The lowest BCUT2D eigenvalue weighted by Gasteiger charge is -1.98. The maximum atomic E-state index is 9.87. The van der Waals surface area contributed by atoms with E-state index in [2.05, 4.69) is 4.99 Å². The SMILES string of the molecule is O=C=Nc1cc(Cl)c(Cl)c(Cl)c1. The second-order valence-corrected chi connectivity index (χ2v) is 3.12. The number of aliphatic imine (C=N–C) groups is 1. The number of carbonyl (C=O) groups excluding carboxylic acids is 1. The van der Waals surface area contributed by atoms with Crippen molar-refractivity contribution < 1.29 is 4.79 Å². The Morgan fingerprint density at radius 1 is 1.17 bits per heavy atom. The fourth-order valence-corrected chi connectivity index (χ4v) is 1.24. The molecule has 0 aliphatic rings. The molecule has 1 rings (SSSR count). The molecule has 0 aliphatic carbocycles. The third-order valence-corrected chi connectivity index (χ3v) is 2.34. The van der Waals surface area contributed by atoms with Crippen molar-refractivity contribution in [1.82, 2.24) is 0 Å². The van der Waals surface area contributed by atoms with Gasteiger partial charge < -0.3 is 0 Å². The van der Waals surface area contributed by atoms with Crippen LogP contribution in [-0.2, 0) is 4.79 Å². The highest BCUT2D eigenvalue weighted by Gasteiger charge is 2.04. The Hall–Kier alpha value is -0.530. The normalized spacial score (nSPS) is 9.25. The Bertz CT molecular complexity index is 335. The molecule has 2 nitrogen and oxygen atoms in total. The van der Waals surface area contributed by atoms with Crippen molar-refractivity contribution in [2.45, 2.75) is 0 Å². The number of hydrogen-bond acceptors (Lipinski definition) is 2. The van der Waals surface area contributed by atoms with Gasteiger partial charge in [0.2, 0.25) is 6.08 Å². The second-order valence-electron chi connectivity index (χ2n) is 1.93. The van der Waals surface area contributed by atoms with Crippen LogP contribution in [0.5, 0.6) is 0 Å². The molecule has 0 bridgehead atoms. The van der Waals surface area contributed by atoms with E-state index in [4.69, 9.17) is 34.8 Å². The van der Waals surface area contributed by atoms with E-state index in [0.717, 1.165) is 0 Å². The molecule has 0 radical (unpaired) electrons. The summed E-state index contributed by atoms with van der Waals surface area (Å²) in [7, 11) is 0. The first-order valence-corrected chi connectivity index (χ1v) is 4.01. The minimum atomic E-state index is 0.253. The Balaban J connectivity index is 3.30. The molecule has 0 amide bonds. The number of isocyanates is 1. The standard InChI is InChI=1S/C7H2Cl3NO/c8-5-1-4(11-3-12)2-6(9)7(5)10/h1-2H. The van der Waals surface area contributed by atoms with Gasteiger partial charge in [0.05, 0.1) is 20.8 Å². The Kier molecular flexibility index (Phi) is 3.12. The van der Waals surface area contributed by atoms with Crippen LogP contribution in [0.15, 0.2) is 17.1 Å². The molecule has 0 atom stereocenters. The fraction of sp³-hybridized carbons (Fsp3) is 0. The van der Waals surface area contributed by atoms with Crippen LogP contribution in [0, 0.1) is 0 Å². The Morgan fingerprint density at radius 2 is 1.67 bits per heavy atom. The summed E-state index contributed by atoms with van der Waals surface area (Å²) in [5, 5.41) is 0.777. The Labute approximate surface area is 83.8 Å². The largest absolute Gasteiger partial charge is 0.240 e. The van der Waals surface area contributed by atoms with Gasteiger partial charge in [-0.2, -0.15) is 4.99 Å². The molecule has 0 N–H and O–H groups in total.